The third-order valence-corrected chi connectivity index (χ3v) is 3.42. The number of carbonyl (C=O) groups is 1. The molecule has 2 rings (SSSR count). The van der Waals surface area contributed by atoms with Crippen LogP contribution in [0.15, 0.2) is 42.6 Å². The summed E-state index contributed by atoms with van der Waals surface area (Å²) < 4.78 is 0. The van der Waals surface area contributed by atoms with Crippen LogP contribution in [-0.2, 0) is 6.54 Å². The summed E-state index contributed by atoms with van der Waals surface area (Å²) in [5.41, 5.74) is 9.15. The molecule has 0 radical (unpaired) electrons. The van der Waals surface area contributed by atoms with Gasteiger partial charge in [-0.3, -0.25) is 9.78 Å². The number of nitrogens with two attached hydrogens (primary N) is 1. The first kappa shape index (κ1) is 15.0. The van der Waals surface area contributed by atoms with Crippen molar-refractivity contribution in [1.82, 2.24) is 9.88 Å². The number of aromatic nitrogens is 1. The van der Waals surface area contributed by atoms with Gasteiger partial charge < -0.3 is 10.6 Å². The van der Waals surface area contributed by atoms with Crippen molar-refractivity contribution in [3.8, 4) is 0 Å². The molecule has 21 heavy (non-hydrogen) atoms. The molecule has 1 aromatic carbocycles. The van der Waals surface area contributed by atoms with Crippen molar-refractivity contribution >= 4 is 11.6 Å². The van der Waals surface area contributed by atoms with Crippen LogP contribution in [0.2, 0.25) is 0 Å². The highest BCUT2D eigenvalue weighted by Gasteiger charge is 2.20. The number of hydrogen-bond donors (Lipinski definition) is 1. The fourth-order valence-electron chi connectivity index (χ4n) is 2.20. The van der Waals surface area contributed by atoms with Crippen molar-refractivity contribution in [2.75, 3.05) is 5.73 Å². The summed E-state index contributed by atoms with van der Waals surface area (Å²) in [6.07, 6.45) is 1.66. The number of benzene rings is 1. The van der Waals surface area contributed by atoms with E-state index in [9.17, 15) is 4.79 Å². The van der Waals surface area contributed by atoms with Crippen LogP contribution in [0.25, 0.3) is 0 Å². The van der Waals surface area contributed by atoms with Crippen molar-refractivity contribution in [2.24, 2.45) is 0 Å². The lowest BCUT2D eigenvalue weighted by molar-refractivity contribution is 0.0690. The minimum Gasteiger partial charge on any atom is -0.398 e. The van der Waals surface area contributed by atoms with E-state index in [0.717, 1.165) is 11.3 Å². The second-order valence-electron chi connectivity index (χ2n) is 5.41. The van der Waals surface area contributed by atoms with E-state index in [1.807, 2.05) is 56.0 Å². The highest BCUT2D eigenvalue weighted by Crippen LogP contribution is 2.17. The Labute approximate surface area is 125 Å². The van der Waals surface area contributed by atoms with Gasteiger partial charge in [-0.05, 0) is 44.5 Å². The van der Waals surface area contributed by atoms with Crippen LogP contribution in [0, 0.1) is 6.92 Å². The molecule has 4 nitrogen and oxygen atoms in total. The van der Waals surface area contributed by atoms with E-state index in [0.29, 0.717) is 17.8 Å². The van der Waals surface area contributed by atoms with Crippen LogP contribution < -0.4 is 5.73 Å². The van der Waals surface area contributed by atoms with Gasteiger partial charge in [0.1, 0.15) is 0 Å². The molecular formula is C17H21N3O. The number of nitrogens with zero attached hydrogens (tertiary/aromatic N) is 2. The van der Waals surface area contributed by atoms with Gasteiger partial charge in [0.05, 0.1) is 0 Å². The van der Waals surface area contributed by atoms with Gasteiger partial charge in [-0.15, -0.1) is 0 Å². The number of nitrogen functional groups attached to an aromatic ring is 1. The Kier molecular flexibility index (Phi) is 4.58. The van der Waals surface area contributed by atoms with Gasteiger partial charge in [0.15, 0.2) is 0 Å². The summed E-state index contributed by atoms with van der Waals surface area (Å²) in [6.45, 7) is 6.40. The second kappa shape index (κ2) is 6.39. The smallest absolute Gasteiger partial charge is 0.254 e. The lowest BCUT2D eigenvalue weighted by Crippen LogP contribution is -2.36. The standard InChI is InChI=1S/C17H21N3O/c1-12(2)20(11-15-6-4-5-7-16(15)18)17(21)14-8-9-19-13(3)10-14/h4-10,12H,11,18H2,1-3H3. The molecule has 0 saturated heterocycles. The maximum atomic E-state index is 12.7. The fraction of sp³-hybridized carbons (Fsp3) is 0.294. The summed E-state index contributed by atoms with van der Waals surface area (Å²) in [4.78, 5) is 18.7. The van der Waals surface area contributed by atoms with Gasteiger partial charge in [0.2, 0.25) is 0 Å². The quantitative estimate of drug-likeness (QED) is 0.877. The monoisotopic (exact) mass is 283 g/mol. The molecule has 0 fully saturated rings. The molecule has 0 saturated carbocycles. The van der Waals surface area contributed by atoms with Crippen LogP contribution in [0.1, 0.15) is 35.5 Å². The molecule has 0 bridgehead atoms. The lowest BCUT2D eigenvalue weighted by Gasteiger charge is -2.27. The maximum absolute atomic E-state index is 12.7. The molecule has 0 atom stereocenters. The topological polar surface area (TPSA) is 59.2 Å². The van der Waals surface area contributed by atoms with Crippen molar-refractivity contribution in [2.45, 2.75) is 33.4 Å². The number of pyridine rings is 1. The zero-order valence-electron chi connectivity index (χ0n) is 12.7. The van der Waals surface area contributed by atoms with E-state index in [1.54, 1.807) is 12.3 Å². The van der Waals surface area contributed by atoms with Gasteiger partial charge in [0, 0.05) is 35.7 Å². The first-order valence-electron chi connectivity index (χ1n) is 7.06. The van der Waals surface area contributed by atoms with Crippen LogP contribution in [0.4, 0.5) is 5.69 Å². The van der Waals surface area contributed by atoms with Crippen LogP contribution in [-0.4, -0.2) is 21.8 Å². The average molecular weight is 283 g/mol. The van der Waals surface area contributed by atoms with Crippen molar-refractivity contribution in [3.05, 3.63) is 59.4 Å². The second-order valence-corrected chi connectivity index (χ2v) is 5.41. The zero-order chi connectivity index (χ0) is 15.4. The van der Waals surface area contributed by atoms with E-state index in [1.165, 1.54) is 0 Å². The largest absolute Gasteiger partial charge is 0.398 e. The van der Waals surface area contributed by atoms with Gasteiger partial charge in [-0.25, -0.2) is 0 Å². The predicted octanol–water partition coefficient (Wildman–Crippen LogP) is 3.02. The zero-order valence-corrected chi connectivity index (χ0v) is 12.7. The van der Waals surface area contributed by atoms with Gasteiger partial charge in [-0.1, -0.05) is 18.2 Å². The fourth-order valence-corrected chi connectivity index (χ4v) is 2.20. The normalized spacial score (nSPS) is 10.7. The van der Waals surface area contributed by atoms with Crippen molar-refractivity contribution < 1.29 is 4.79 Å². The number of para-hydroxylation sites is 1. The van der Waals surface area contributed by atoms with E-state index < -0.39 is 0 Å². The Morgan fingerprint density at radius 2 is 2.00 bits per heavy atom. The molecule has 110 valence electrons. The molecule has 0 aliphatic rings. The third-order valence-electron chi connectivity index (χ3n) is 3.42. The molecule has 2 aromatic rings. The van der Waals surface area contributed by atoms with E-state index in [4.69, 9.17) is 5.73 Å². The molecule has 1 amide bonds. The van der Waals surface area contributed by atoms with Crippen LogP contribution in [0.3, 0.4) is 0 Å². The molecule has 2 N–H and O–H groups in total. The summed E-state index contributed by atoms with van der Waals surface area (Å²) in [5.74, 6) is -0.00115. The Morgan fingerprint density at radius 1 is 1.29 bits per heavy atom. The maximum Gasteiger partial charge on any atom is 0.254 e. The highest BCUT2D eigenvalue weighted by atomic mass is 16.2. The summed E-state index contributed by atoms with van der Waals surface area (Å²) in [5, 5.41) is 0. The Hall–Kier alpha value is -2.36. The Bertz CT molecular complexity index is 637. The summed E-state index contributed by atoms with van der Waals surface area (Å²) in [7, 11) is 0. The summed E-state index contributed by atoms with van der Waals surface area (Å²) in [6, 6.07) is 11.3. The van der Waals surface area contributed by atoms with Gasteiger partial charge >= 0.3 is 0 Å². The minimum absolute atomic E-state index is 0.00115. The SMILES string of the molecule is Cc1cc(C(=O)N(Cc2ccccc2N)C(C)C)ccn1. The third kappa shape index (κ3) is 3.60. The van der Waals surface area contributed by atoms with Crippen molar-refractivity contribution in [3.63, 3.8) is 0 Å². The molecule has 1 aromatic heterocycles. The van der Waals surface area contributed by atoms with E-state index >= 15 is 0 Å². The van der Waals surface area contributed by atoms with Gasteiger partial charge in [-0.2, -0.15) is 0 Å². The Morgan fingerprint density at radius 3 is 2.62 bits per heavy atom. The Balaban J connectivity index is 2.27. The molecule has 1 heterocycles. The molecule has 0 unspecified atom stereocenters. The first-order chi connectivity index (χ1) is 9.99. The number of anilines is 1. The number of rotatable bonds is 4. The first-order valence-corrected chi connectivity index (χ1v) is 7.06. The number of carbonyl (C=O) groups excluding carboxylic acids is 1. The molecular weight excluding hydrogens is 262 g/mol. The molecule has 0 aliphatic heterocycles. The van der Waals surface area contributed by atoms with Gasteiger partial charge in [0.25, 0.3) is 5.91 Å². The predicted molar refractivity (Wildman–Crippen MR) is 84.8 cm³/mol. The molecule has 0 aliphatic carbocycles. The van der Waals surface area contributed by atoms with Crippen LogP contribution >= 0.6 is 0 Å². The van der Waals surface area contributed by atoms with Crippen LogP contribution in [0.5, 0.6) is 0 Å². The molecule has 0 spiro atoms. The number of amides is 1. The van der Waals surface area contributed by atoms with Crippen molar-refractivity contribution in [1.29, 1.82) is 0 Å². The lowest BCUT2D eigenvalue weighted by atomic mass is 10.1. The molecule has 4 heteroatoms. The number of hydrogen-bond acceptors (Lipinski definition) is 3. The minimum atomic E-state index is -0.00115. The van der Waals surface area contributed by atoms with E-state index in [2.05, 4.69) is 4.98 Å². The highest BCUT2D eigenvalue weighted by molar-refractivity contribution is 5.94. The van der Waals surface area contributed by atoms with E-state index in [-0.39, 0.29) is 11.9 Å². The number of aryl methyl sites for hydroxylation is 1. The summed E-state index contributed by atoms with van der Waals surface area (Å²) >= 11 is 0. The average Bonchev–Trinajstić information content (AvgIpc) is 2.45.